The van der Waals surface area contributed by atoms with Crippen LogP contribution in [0.4, 0.5) is 0 Å². The molecule has 1 aliphatic rings. The summed E-state index contributed by atoms with van der Waals surface area (Å²) in [5.74, 6) is -0.135. The molecule has 0 spiro atoms. The summed E-state index contributed by atoms with van der Waals surface area (Å²) in [6.45, 7) is 0.391. The summed E-state index contributed by atoms with van der Waals surface area (Å²) in [4.78, 5) is 22.5. The molecule has 1 rings (SSSR count). The number of hydrogen-bond donors (Lipinski definition) is 3. The van der Waals surface area contributed by atoms with E-state index in [-0.39, 0.29) is 23.8 Å². The highest BCUT2D eigenvalue weighted by molar-refractivity contribution is 5.81. The molecule has 0 aromatic rings. The van der Waals surface area contributed by atoms with Crippen LogP contribution in [0.25, 0.3) is 0 Å². The minimum atomic E-state index is -0.0639. The van der Waals surface area contributed by atoms with Gasteiger partial charge in [-0.15, -0.1) is 0 Å². The Hall–Kier alpha value is -1.10. The zero-order chi connectivity index (χ0) is 11.3. The Morgan fingerprint density at radius 3 is 2.67 bits per heavy atom. The van der Waals surface area contributed by atoms with Crippen LogP contribution in [0.15, 0.2) is 0 Å². The largest absolute Gasteiger partial charge is 0.359 e. The van der Waals surface area contributed by atoms with Gasteiger partial charge in [0.1, 0.15) is 0 Å². The zero-order valence-electron chi connectivity index (χ0n) is 9.08. The van der Waals surface area contributed by atoms with E-state index in [4.69, 9.17) is 5.73 Å². The third-order valence-corrected chi connectivity index (χ3v) is 2.84. The topological polar surface area (TPSA) is 84.2 Å². The highest BCUT2D eigenvalue weighted by Crippen LogP contribution is 2.23. The molecule has 0 radical (unpaired) electrons. The Labute approximate surface area is 89.8 Å². The van der Waals surface area contributed by atoms with E-state index in [0.29, 0.717) is 13.0 Å². The number of carbonyl (C=O) groups excluding carboxylic acids is 2. The summed E-state index contributed by atoms with van der Waals surface area (Å²) in [6.07, 6.45) is 3.14. The molecule has 0 heterocycles. The van der Waals surface area contributed by atoms with Gasteiger partial charge in [0, 0.05) is 26.1 Å². The molecule has 5 nitrogen and oxygen atoms in total. The van der Waals surface area contributed by atoms with E-state index in [2.05, 4.69) is 10.6 Å². The number of nitrogens with two attached hydrogens (primary N) is 1. The van der Waals surface area contributed by atoms with E-state index in [1.165, 1.54) is 0 Å². The second-order valence-corrected chi connectivity index (χ2v) is 3.92. The molecule has 15 heavy (non-hydrogen) atoms. The number of carbonyl (C=O) groups is 2. The SMILES string of the molecule is CNC(=O)CCNC(=O)C1CCCC1N. The molecule has 2 atom stereocenters. The monoisotopic (exact) mass is 213 g/mol. The fourth-order valence-corrected chi connectivity index (χ4v) is 1.87. The van der Waals surface area contributed by atoms with Crippen molar-refractivity contribution in [3.05, 3.63) is 0 Å². The Balaban J connectivity index is 2.21. The van der Waals surface area contributed by atoms with Gasteiger partial charge in [-0.05, 0) is 12.8 Å². The van der Waals surface area contributed by atoms with E-state index in [0.717, 1.165) is 19.3 Å². The third kappa shape index (κ3) is 3.51. The van der Waals surface area contributed by atoms with Crippen LogP contribution in [0.1, 0.15) is 25.7 Å². The molecule has 5 heteroatoms. The molecule has 1 aliphatic carbocycles. The summed E-state index contributed by atoms with van der Waals surface area (Å²) in [5.41, 5.74) is 5.80. The first kappa shape index (κ1) is 12.0. The van der Waals surface area contributed by atoms with Gasteiger partial charge in [0.25, 0.3) is 0 Å². The molecular weight excluding hydrogens is 194 g/mol. The molecule has 0 aromatic heterocycles. The molecule has 0 bridgehead atoms. The molecule has 2 amide bonds. The van der Waals surface area contributed by atoms with E-state index < -0.39 is 0 Å². The second-order valence-electron chi connectivity index (χ2n) is 3.92. The van der Waals surface area contributed by atoms with Gasteiger partial charge in [0.15, 0.2) is 0 Å². The molecule has 1 fully saturated rings. The normalized spacial score (nSPS) is 24.9. The van der Waals surface area contributed by atoms with Gasteiger partial charge in [0.2, 0.25) is 11.8 Å². The van der Waals surface area contributed by atoms with Crippen molar-refractivity contribution in [2.75, 3.05) is 13.6 Å². The average Bonchev–Trinajstić information content (AvgIpc) is 2.64. The molecule has 1 saturated carbocycles. The zero-order valence-corrected chi connectivity index (χ0v) is 9.08. The molecular formula is C10H19N3O2. The maximum atomic E-state index is 11.6. The minimum Gasteiger partial charge on any atom is -0.359 e. The van der Waals surface area contributed by atoms with Crippen LogP contribution in [0, 0.1) is 5.92 Å². The van der Waals surface area contributed by atoms with Crippen LogP contribution in [0.3, 0.4) is 0 Å². The van der Waals surface area contributed by atoms with Crippen LogP contribution in [0.2, 0.25) is 0 Å². The van der Waals surface area contributed by atoms with Crippen molar-refractivity contribution in [1.29, 1.82) is 0 Å². The van der Waals surface area contributed by atoms with Crippen molar-refractivity contribution >= 4 is 11.8 Å². The smallest absolute Gasteiger partial charge is 0.224 e. The second kappa shape index (κ2) is 5.70. The van der Waals surface area contributed by atoms with Gasteiger partial charge >= 0.3 is 0 Å². The Morgan fingerprint density at radius 2 is 2.13 bits per heavy atom. The number of rotatable bonds is 4. The van der Waals surface area contributed by atoms with E-state index in [9.17, 15) is 9.59 Å². The first-order valence-electron chi connectivity index (χ1n) is 5.39. The number of amides is 2. The summed E-state index contributed by atoms with van der Waals surface area (Å²) >= 11 is 0. The van der Waals surface area contributed by atoms with Gasteiger partial charge in [0.05, 0.1) is 5.92 Å². The van der Waals surface area contributed by atoms with Crippen molar-refractivity contribution in [3.63, 3.8) is 0 Å². The first-order chi connectivity index (χ1) is 7.15. The summed E-state index contributed by atoms with van der Waals surface area (Å²) in [6, 6.07) is -0.00926. The number of nitrogens with one attached hydrogen (secondary N) is 2. The van der Waals surface area contributed by atoms with Crippen LogP contribution in [0.5, 0.6) is 0 Å². The Kier molecular flexibility index (Phi) is 4.55. The lowest BCUT2D eigenvalue weighted by Crippen LogP contribution is -2.39. The van der Waals surface area contributed by atoms with E-state index in [1.807, 2.05) is 0 Å². The van der Waals surface area contributed by atoms with E-state index >= 15 is 0 Å². The van der Waals surface area contributed by atoms with Crippen LogP contribution < -0.4 is 16.4 Å². The first-order valence-corrected chi connectivity index (χ1v) is 5.39. The molecule has 2 unspecified atom stereocenters. The van der Waals surface area contributed by atoms with Crippen LogP contribution >= 0.6 is 0 Å². The van der Waals surface area contributed by atoms with Gasteiger partial charge in [-0.1, -0.05) is 6.42 Å². The van der Waals surface area contributed by atoms with Gasteiger partial charge in [-0.2, -0.15) is 0 Å². The molecule has 0 aromatic carbocycles. The summed E-state index contributed by atoms with van der Waals surface area (Å²) in [7, 11) is 1.58. The molecule has 0 aliphatic heterocycles. The van der Waals surface area contributed by atoms with Gasteiger partial charge in [-0.25, -0.2) is 0 Å². The van der Waals surface area contributed by atoms with Crippen LogP contribution in [-0.4, -0.2) is 31.4 Å². The van der Waals surface area contributed by atoms with E-state index in [1.54, 1.807) is 7.05 Å². The fraction of sp³-hybridized carbons (Fsp3) is 0.800. The lowest BCUT2D eigenvalue weighted by atomic mass is 10.0. The van der Waals surface area contributed by atoms with Crippen molar-refractivity contribution in [1.82, 2.24) is 10.6 Å². The van der Waals surface area contributed by atoms with Crippen molar-refractivity contribution in [3.8, 4) is 0 Å². The lowest BCUT2D eigenvalue weighted by Gasteiger charge is -2.14. The molecule has 86 valence electrons. The predicted octanol–water partition coefficient (Wildman–Crippen LogP) is -0.634. The number of hydrogen-bond acceptors (Lipinski definition) is 3. The Morgan fingerprint density at radius 1 is 1.40 bits per heavy atom. The average molecular weight is 213 g/mol. The van der Waals surface area contributed by atoms with Crippen LogP contribution in [-0.2, 0) is 9.59 Å². The van der Waals surface area contributed by atoms with Gasteiger partial charge in [-0.3, -0.25) is 9.59 Å². The standard InChI is InChI=1S/C10H19N3O2/c1-12-9(14)5-6-13-10(15)7-3-2-4-8(7)11/h7-8H,2-6,11H2,1H3,(H,12,14)(H,13,15). The lowest BCUT2D eigenvalue weighted by molar-refractivity contribution is -0.125. The highest BCUT2D eigenvalue weighted by Gasteiger charge is 2.29. The van der Waals surface area contributed by atoms with Crippen molar-refractivity contribution in [2.24, 2.45) is 11.7 Å². The minimum absolute atomic E-state index is 0.00926. The highest BCUT2D eigenvalue weighted by atomic mass is 16.2. The maximum Gasteiger partial charge on any atom is 0.224 e. The Bertz CT molecular complexity index is 243. The van der Waals surface area contributed by atoms with Crippen molar-refractivity contribution in [2.45, 2.75) is 31.7 Å². The predicted molar refractivity (Wildman–Crippen MR) is 57.0 cm³/mol. The molecule has 0 saturated heterocycles. The van der Waals surface area contributed by atoms with Gasteiger partial charge < -0.3 is 16.4 Å². The molecule has 4 N–H and O–H groups in total. The third-order valence-electron chi connectivity index (χ3n) is 2.84. The fourth-order valence-electron chi connectivity index (χ4n) is 1.87. The van der Waals surface area contributed by atoms with Crippen molar-refractivity contribution < 1.29 is 9.59 Å². The summed E-state index contributed by atoms with van der Waals surface area (Å²) < 4.78 is 0. The maximum absolute atomic E-state index is 11.6. The quantitative estimate of drug-likeness (QED) is 0.581. The summed E-state index contributed by atoms with van der Waals surface area (Å²) in [5, 5.41) is 5.24.